The summed E-state index contributed by atoms with van der Waals surface area (Å²) in [7, 11) is 0. The van der Waals surface area contributed by atoms with E-state index in [1.165, 1.54) is 12.8 Å². The van der Waals surface area contributed by atoms with E-state index < -0.39 is 0 Å². The molecule has 1 aliphatic heterocycles. The van der Waals surface area contributed by atoms with Gasteiger partial charge in [-0.1, -0.05) is 36.7 Å². The van der Waals surface area contributed by atoms with E-state index in [9.17, 15) is 4.79 Å². The molecule has 1 aromatic rings. The minimum atomic E-state index is 0.184. The Kier molecular flexibility index (Phi) is 5.26. The molecule has 4 nitrogen and oxygen atoms in total. The van der Waals surface area contributed by atoms with Crippen LogP contribution in [-0.4, -0.2) is 34.4 Å². The number of nitrogens with zero attached hydrogens (tertiary/aromatic N) is 2. The molecule has 1 atom stereocenters. The van der Waals surface area contributed by atoms with Crippen LogP contribution in [0.1, 0.15) is 39.5 Å². The summed E-state index contributed by atoms with van der Waals surface area (Å²) in [6, 6.07) is 7.98. The van der Waals surface area contributed by atoms with E-state index in [4.69, 9.17) is 9.73 Å². The van der Waals surface area contributed by atoms with Crippen molar-refractivity contribution in [3.63, 3.8) is 0 Å². The Bertz CT molecular complexity index is 596. The number of rotatable bonds is 4. The summed E-state index contributed by atoms with van der Waals surface area (Å²) in [6.07, 6.45) is 4.39. The molecule has 1 aliphatic carbocycles. The second kappa shape index (κ2) is 7.39. The summed E-state index contributed by atoms with van der Waals surface area (Å²) in [5.74, 6) is 2.13. The van der Waals surface area contributed by atoms with Gasteiger partial charge in [-0.3, -0.25) is 9.69 Å². The fourth-order valence-corrected chi connectivity index (χ4v) is 4.34. The predicted molar refractivity (Wildman–Crippen MR) is 95.4 cm³/mol. The molecular formula is C18H24N2O2S. The molecule has 3 rings (SSSR count). The third-order valence-electron chi connectivity index (χ3n) is 4.42. The van der Waals surface area contributed by atoms with Crippen molar-refractivity contribution in [3.05, 3.63) is 24.3 Å². The Morgan fingerprint density at radius 3 is 2.83 bits per heavy atom. The first-order valence-corrected chi connectivity index (χ1v) is 9.45. The highest BCUT2D eigenvalue weighted by Crippen LogP contribution is 2.35. The lowest BCUT2D eigenvalue weighted by Crippen LogP contribution is -2.40. The lowest BCUT2D eigenvalue weighted by Gasteiger charge is -2.24. The summed E-state index contributed by atoms with van der Waals surface area (Å²) < 4.78 is 5.65. The van der Waals surface area contributed by atoms with Crippen molar-refractivity contribution in [1.82, 2.24) is 4.90 Å². The average molecular weight is 332 g/mol. The van der Waals surface area contributed by atoms with Gasteiger partial charge < -0.3 is 4.74 Å². The zero-order valence-electron chi connectivity index (χ0n) is 13.8. The number of para-hydroxylation sites is 2. The average Bonchev–Trinajstić information content (AvgIpc) is 3.19. The molecule has 0 bridgehead atoms. The van der Waals surface area contributed by atoms with E-state index in [0.29, 0.717) is 6.61 Å². The molecule has 124 valence electrons. The molecule has 0 aromatic heterocycles. The molecule has 1 saturated carbocycles. The van der Waals surface area contributed by atoms with E-state index in [2.05, 4.69) is 6.92 Å². The zero-order chi connectivity index (χ0) is 16.2. The van der Waals surface area contributed by atoms with Gasteiger partial charge in [-0.05, 0) is 38.8 Å². The molecule has 1 saturated heterocycles. The summed E-state index contributed by atoms with van der Waals surface area (Å²) in [5.41, 5.74) is 0.801. The van der Waals surface area contributed by atoms with Crippen LogP contribution in [-0.2, 0) is 4.79 Å². The topological polar surface area (TPSA) is 41.9 Å². The van der Waals surface area contributed by atoms with Crippen molar-refractivity contribution < 1.29 is 9.53 Å². The molecule has 1 amide bonds. The van der Waals surface area contributed by atoms with Gasteiger partial charge in [0.25, 0.3) is 0 Å². The number of thioether (sulfide) groups is 1. The van der Waals surface area contributed by atoms with Crippen LogP contribution in [0.3, 0.4) is 0 Å². The highest BCUT2D eigenvalue weighted by molar-refractivity contribution is 8.14. The summed E-state index contributed by atoms with van der Waals surface area (Å²) in [5, 5.41) is 0.821. The molecule has 5 heteroatoms. The fourth-order valence-electron chi connectivity index (χ4n) is 3.22. The summed E-state index contributed by atoms with van der Waals surface area (Å²) in [6.45, 7) is 4.68. The number of amides is 1. The molecule has 0 N–H and O–H groups in total. The number of ether oxygens (including phenoxy) is 1. The maximum absolute atomic E-state index is 12.9. The smallest absolute Gasteiger partial charge is 0.231 e. The van der Waals surface area contributed by atoms with E-state index in [-0.39, 0.29) is 17.9 Å². The van der Waals surface area contributed by atoms with Crippen molar-refractivity contribution in [3.8, 4) is 5.75 Å². The monoisotopic (exact) mass is 332 g/mol. The van der Waals surface area contributed by atoms with Crippen molar-refractivity contribution in [1.29, 1.82) is 0 Å². The normalized spacial score (nSPS) is 23.7. The Labute approximate surface area is 142 Å². The van der Waals surface area contributed by atoms with Gasteiger partial charge in [-0.25, -0.2) is 4.99 Å². The van der Waals surface area contributed by atoms with Gasteiger partial charge in [0.1, 0.15) is 11.4 Å². The SMILES string of the molecule is CCOc1ccccc1N=C1SCC(C)N1C(=O)C1CCCC1. The van der Waals surface area contributed by atoms with Gasteiger partial charge in [0.15, 0.2) is 5.17 Å². The maximum atomic E-state index is 12.9. The number of hydrogen-bond acceptors (Lipinski definition) is 4. The third-order valence-corrected chi connectivity index (χ3v) is 5.62. The fraction of sp³-hybridized carbons (Fsp3) is 0.556. The Balaban J connectivity index is 1.86. The van der Waals surface area contributed by atoms with Crippen LogP contribution in [0, 0.1) is 5.92 Å². The molecule has 2 fully saturated rings. The van der Waals surface area contributed by atoms with Crippen LogP contribution in [0.4, 0.5) is 5.69 Å². The minimum Gasteiger partial charge on any atom is -0.492 e. The Hall–Kier alpha value is -1.49. The highest BCUT2D eigenvalue weighted by Gasteiger charge is 2.37. The number of carbonyl (C=O) groups excluding carboxylic acids is 1. The first-order chi connectivity index (χ1) is 11.2. The van der Waals surface area contributed by atoms with Gasteiger partial charge in [0.05, 0.1) is 6.61 Å². The molecule has 23 heavy (non-hydrogen) atoms. The standard InChI is InChI=1S/C18H24N2O2S/c1-3-22-16-11-7-6-10-15(16)19-18-20(13(2)12-23-18)17(21)14-8-4-5-9-14/h6-7,10-11,13-14H,3-5,8-9,12H2,1-2H3. The largest absolute Gasteiger partial charge is 0.492 e. The Morgan fingerprint density at radius 1 is 1.35 bits per heavy atom. The minimum absolute atomic E-state index is 0.184. The van der Waals surface area contributed by atoms with Crippen molar-refractivity contribution in [2.45, 2.75) is 45.6 Å². The lowest BCUT2D eigenvalue weighted by atomic mass is 10.1. The molecule has 0 radical (unpaired) electrons. The number of hydrogen-bond donors (Lipinski definition) is 0. The van der Waals surface area contributed by atoms with Gasteiger partial charge in [-0.2, -0.15) is 0 Å². The van der Waals surface area contributed by atoms with Gasteiger partial charge >= 0.3 is 0 Å². The van der Waals surface area contributed by atoms with Crippen LogP contribution < -0.4 is 4.74 Å². The summed E-state index contributed by atoms with van der Waals surface area (Å²) >= 11 is 1.67. The number of carbonyl (C=O) groups is 1. The van der Waals surface area contributed by atoms with Crippen LogP contribution in [0.15, 0.2) is 29.3 Å². The third kappa shape index (κ3) is 3.55. The van der Waals surface area contributed by atoms with Crippen LogP contribution >= 0.6 is 11.8 Å². The maximum Gasteiger partial charge on any atom is 0.231 e. The van der Waals surface area contributed by atoms with Crippen LogP contribution in [0.25, 0.3) is 0 Å². The quantitative estimate of drug-likeness (QED) is 0.829. The number of amidine groups is 1. The van der Waals surface area contributed by atoms with Gasteiger partial charge in [-0.15, -0.1) is 0 Å². The second-order valence-corrected chi connectivity index (χ2v) is 7.13. The predicted octanol–water partition coefficient (Wildman–Crippen LogP) is 4.23. The van der Waals surface area contributed by atoms with Crippen molar-refractivity contribution in [2.75, 3.05) is 12.4 Å². The van der Waals surface area contributed by atoms with Crippen LogP contribution in [0.5, 0.6) is 5.75 Å². The molecule has 1 aromatic carbocycles. The number of aliphatic imine (C=N–C) groups is 1. The second-order valence-electron chi connectivity index (χ2n) is 6.14. The number of benzene rings is 1. The van der Waals surface area contributed by atoms with Crippen molar-refractivity contribution >= 4 is 28.5 Å². The Morgan fingerprint density at radius 2 is 2.09 bits per heavy atom. The first-order valence-electron chi connectivity index (χ1n) is 8.47. The van der Waals surface area contributed by atoms with Gasteiger partial charge in [0.2, 0.25) is 5.91 Å². The first kappa shape index (κ1) is 16.4. The molecule has 1 heterocycles. The molecule has 1 unspecified atom stereocenters. The summed E-state index contributed by atoms with van der Waals surface area (Å²) in [4.78, 5) is 19.6. The molecule has 0 spiro atoms. The molecular weight excluding hydrogens is 308 g/mol. The van der Waals surface area contributed by atoms with E-state index in [1.54, 1.807) is 11.8 Å². The van der Waals surface area contributed by atoms with Gasteiger partial charge in [0, 0.05) is 17.7 Å². The highest BCUT2D eigenvalue weighted by atomic mass is 32.2. The van der Waals surface area contributed by atoms with E-state index in [0.717, 1.165) is 35.2 Å². The van der Waals surface area contributed by atoms with Crippen molar-refractivity contribution in [2.24, 2.45) is 10.9 Å². The van der Waals surface area contributed by atoms with E-state index >= 15 is 0 Å². The van der Waals surface area contributed by atoms with Crippen LogP contribution in [0.2, 0.25) is 0 Å². The zero-order valence-corrected chi connectivity index (χ0v) is 14.6. The van der Waals surface area contributed by atoms with E-state index in [1.807, 2.05) is 36.1 Å². The molecule has 2 aliphatic rings. The lowest BCUT2D eigenvalue weighted by molar-refractivity contribution is -0.132.